The van der Waals surface area contributed by atoms with E-state index in [1.165, 1.54) is 6.07 Å². The van der Waals surface area contributed by atoms with Crippen molar-refractivity contribution in [2.24, 2.45) is 0 Å². The molecule has 8 heteroatoms. The van der Waals surface area contributed by atoms with Gasteiger partial charge in [0, 0.05) is 32.0 Å². The molecule has 0 fully saturated rings. The van der Waals surface area contributed by atoms with Crippen LogP contribution >= 0.6 is 0 Å². The summed E-state index contributed by atoms with van der Waals surface area (Å²) < 4.78 is 15.7. The molecule has 35 heavy (non-hydrogen) atoms. The van der Waals surface area contributed by atoms with Gasteiger partial charge in [0.2, 0.25) is 0 Å². The first-order valence-corrected chi connectivity index (χ1v) is 11.3. The topological polar surface area (TPSA) is 89.1 Å². The second-order valence-electron chi connectivity index (χ2n) is 8.49. The summed E-state index contributed by atoms with van der Waals surface area (Å²) in [5.41, 5.74) is 11.5. The third-order valence-corrected chi connectivity index (χ3v) is 5.99. The number of aromatic nitrogens is 3. The zero-order valence-corrected chi connectivity index (χ0v) is 19.5. The third kappa shape index (κ3) is 4.14. The van der Waals surface area contributed by atoms with Crippen molar-refractivity contribution in [3.63, 3.8) is 0 Å². The van der Waals surface area contributed by atoms with Crippen molar-refractivity contribution in [1.82, 2.24) is 19.9 Å². The first kappa shape index (κ1) is 22.3. The number of para-hydroxylation sites is 2. The molecule has 0 aliphatic rings. The lowest BCUT2D eigenvalue weighted by Crippen LogP contribution is -2.26. The van der Waals surface area contributed by atoms with Gasteiger partial charge in [-0.2, -0.15) is 0 Å². The molecule has 3 aromatic carbocycles. The van der Waals surface area contributed by atoms with Crippen LogP contribution in [0.5, 0.6) is 0 Å². The van der Waals surface area contributed by atoms with Crippen LogP contribution in [0.2, 0.25) is 0 Å². The van der Waals surface area contributed by atoms with E-state index in [1.54, 1.807) is 22.8 Å². The van der Waals surface area contributed by atoms with Gasteiger partial charge in [0.25, 0.3) is 5.91 Å². The number of rotatable bonds is 6. The Kier molecular flexibility index (Phi) is 5.78. The number of amides is 1. The summed E-state index contributed by atoms with van der Waals surface area (Å²) in [4.78, 5) is 24.8. The van der Waals surface area contributed by atoms with E-state index in [1.807, 2.05) is 67.5 Å². The molecule has 0 saturated carbocycles. The van der Waals surface area contributed by atoms with Gasteiger partial charge in [0.15, 0.2) is 5.65 Å². The number of hydrogen-bond donors (Lipinski definition) is 2. The normalized spacial score (nSPS) is 11.2. The number of nitrogen functional groups attached to an aromatic ring is 1. The lowest BCUT2D eigenvalue weighted by atomic mass is 10.1. The van der Waals surface area contributed by atoms with Gasteiger partial charge in [-0.05, 0) is 54.4 Å². The van der Waals surface area contributed by atoms with Gasteiger partial charge in [-0.15, -0.1) is 0 Å². The summed E-state index contributed by atoms with van der Waals surface area (Å²) in [5, 5.41) is 2.87. The molecule has 0 aliphatic heterocycles. The Morgan fingerprint density at radius 3 is 2.31 bits per heavy atom. The third-order valence-electron chi connectivity index (χ3n) is 5.99. The molecule has 0 bridgehead atoms. The number of halogens is 1. The molecule has 0 unspecified atom stereocenters. The number of hydrogen-bond acceptors (Lipinski definition) is 5. The van der Waals surface area contributed by atoms with Crippen LogP contribution in [-0.2, 0) is 6.42 Å². The lowest BCUT2D eigenvalue weighted by molar-refractivity contribution is 0.0956. The van der Waals surface area contributed by atoms with Crippen molar-refractivity contribution in [3.05, 3.63) is 89.7 Å². The molecule has 0 saturated heterocycles. The molecule has 7 nitrogen and oxygen atoms in total. The van der Waals surface area contributed by atoms with Gasteiger partial charge in [-0.3, -0.25) is 9.36 Å². The van der Waals surface area contributed by atoms with Crippen LogP contribution in [-0.4, -0.2) is 41.1 Å². The number of carbonyl (C=O) groups is 1. The second kappa shape index (κ2) is 9.06. The van der Waals surface area contributed by atoms with Crippen molar-refractivity contribution in [1.29, 1.82) is 0 Å². The van der Waals surface area contributed by atoms with Crippen LogP contribution in [0.25, 0.3) is 27.9 Å². The molecule has 176 valence electrons. The number of nitrogens with two attached hydrogens (primary N) is 1. The summed E-state index contributed by atoms with van der Waals surface area (Å²) in [7, 11) is 3.94. The van der Waals surface area contributed by atoms with Gasteiger partial charge < -0.3 is 16.0 Å². The average molecular weight is 469 g/mol. The Bertz CT molecular complexity index is 1540. The highest BCUT2D eigenvalue weighted by Crippen LogP contribution is 2.31. The van der Waals surface area contributed by atoms with Crippen LogP contribution in [0.1, 0.15) is 15.9 Å². The van der Waals surface area contributed by atoms with Gasteiger partial charge in [0.05, 0.1) is 11.0 Å². The summed E-state index contributed by atoms with van der Waals surface area (Å²) >= 11 is 0. The Hall–Kier alpha value is -4.46. The summed E-state index contributed by atoms with van der Waals surface area (Å²) in [6.07, 6.45) is 0.359. The van der Waals surface area contributed by atoms with Gasteiger partial charge in [0.1, 0.15) is 22.7 Å². The first-order valence-electron chi connectivity index (χ1n) is 11.3. The summed E-state index contributed by atoms with van der Waals surface area (Å²) in [5.74, 6) is -0.426. The lowest BCUT2D eigenvalue weighted by Gasteiger charge is -2.14. The number of carbonyl (C=O) groups excluding carboxylic acids is 1. The fourth-order valence-corrected chi connectivity index (χ4v) is 4.15. The van der Waals surface area contributed by atoms with Gasteiger partial charge >= 0.3 is 0 Å². The van der Waals surface area contributed by atoms with Crippen molar-refractivity contribution in [2.45, 2.75) is 6.42 Å². The fourth-order valence-electron chi connectivity index (χ4n) is 4.15. The Balaban J connectivity index is 1.57. The van der Waals surface area contributed by atoms with E-state index < -0.39 is 0 Å². The fraction of sp³-hybridized carbons (Fsp3) is 0.148. The summed E-state index contributed by atoms with van der Waals surface area (Å²) in [6, 6.07) is 21.8. The Morgan fingerprint density at radius 1 is 0.971 bits per heavy atom. The predicted octanol–water partition coefficient (Wildman–Crippen LogP) is 4.33. The molecule has 1 amide bonds. The van der Waals surface area contributed by atoms with Gasteiger partial charge in [-0.25, -0.2) is 14.4 Å². The highest BCUT2D eigenvalue weighted by atomic mass is 19.1. The van der Waals surface area contributed by atoms with Crippen LogP contribution in [0.3, 0.4) is 0 Å². The zero-order chi connectivity index (χ0) is 24.5. The van der Waals surface area contributed by atoms with Crippen LogP contribution in [0.4, 0.5) is 15.9 Å². The maximum atomic E-state index is 14.0. The molecule has 2 aromatic heterocycles. The van der Waals surface area contributed by atoms with Gasteiger partial charge in [-0.1, -0.05) is 30.3 Å². The highest BCUT2D eigenvalue weighted by Gasteiger charge is 2.24. The molecule has 3 N–H and O–H groups in total. The molecular formula is C27H25FN6O. The molecule has 0 aliphatic carbocycles. The molecular weight excluding hydrogens is 443 g/mol. The Morgan fingerprint density at radius 2 is 1.63 bits per heavy atom. The Labute approximate surface area is 202 Å². The largest absolute Gasteiger partial charge is 0.384 e. The molecule has 5 rings (SSSR count). The van der Waals surface area contributed by atoms with E-state index in [2.05, 4.69) is 5.32 Å². The quantitative estimate of drug-likeness (QED) is 0.387. The first-order chi connectivity index (χ1) is 16.9. The minimum atomic E-state index is -0.378. The van der Waals surface area contributed by atoms with E-state index in [9.17, 15) is 9.18 Å². The molecule has 0 atom stereocenters. The summed E-state index contributed by atoms with van der Waals surface area (Å²) in [6.45, 7) is 0.254. The molecule has 0 spiro atoms. The smallest absolute Gasteiger partial charge is 0.257 e. The van der Waals surface area contributed by atoms with E-state index in [4.69, 9.17) is 15.7 Å². The minimum Gasteiger partial charge on any atom is -0.384 e. The maximum absolute atomic E-state index is 14.0. The second-order valence-corrected chi connectivity index (χ2v) is 8.49. The molecule has 0 radical (unpaired) electrons. The van der Waals surface area contributed by atoms with Crippen molar-refractivity contribution >= 4 is 39.6 Å². The zero-order valence-electron chi connectivity index (χ0n) is 19.5. The number of fused-ring (bicyclic) bond motifs is 2. The SMILES string of the molecule is CN(C)c1ccc(-n2c(N)c(C(=O)NCCc3ccccc3F)c3nc4ccccc4nc32)cc1. The van der Waals surface area contributed by atoms with Crippen molar-refractivity contribution in [2.75, 3.05) is 31.3 Å². The number of benzene rings is 3. The number of nitrogens with zero attached hydrogens (tertiary/aromatic N) is 4. The van der Waals surface area contributed by atoms with Crippen LogP contribution < -0.4 is 16.0 Å². The monoisotopic (exact) mass is 468 g/mol. The highest BCUT2D eigenvalue weighted by molar-refractivity contribution is 6.11. The van der Waals surface area contributed by atoms with Crippen molar-refractivity contribution < 1.29 is 9.18 Å². The van der Waals surface area contributed by atoms with Crippen molar-refractivity contribution in [3.8, 4) is 5.69 Å². The predicted molar refractivity (Wildman–Crippen MR) is 138 cm³/mol. The van der Waals surface area contributed by atoms with E-state index in [0.29, 0.717) is 34.2 Å². The van der Waals surface area contributed by atoms with E-state index in [-0.39, 0.29) is 29.7 Å². The van der Waals surface area contributed by atoms with Crippen LogP contribution in [0, 0.1) is 5.82 Å². The minimum absolute atomic E-state index is 0.247. The number of nitrogens with one attached hydrogen (secondary N) is 1. The number of anilines is 2. The average Bonchev–Trinajstić information content (AvgIpc) is 3.14. The van der Waals surface area contributed by atoms with Crippen LogP contribution in [0.15, 0.2) is 72.8 Å². The maximum Gasteiger partial charge on any atom is 0.257 e. The molecule has 5 aromatic rings. The van der Waals surface area contributed by atoms with E-state index >= 15 is 0 Å². The molecule has 2 heterocycles. The standard InChI is InChI=1S/C27H25FN6O/c1-33(2)18-11-13-19(14-12-18)34-25(29)23(24-26(34)32-22-10-6-5-9-21(22)31-24)27(35)30-16-15-17-7-3-4-8-20(17)28/h3-14H,15-16,29H2,1-2H3,(H,30,35). The van der Waals surface area contributed by atoms with E-state index in [0.717, 1.165) is 11.4 Å².